The number of carboxylic acid groups (broad SMARTS) is 1. The first kappa shape index (κ1) is 16.5. The van der Waals surface area contributed by atoms with Crippen molar-refractivity contribution in [2.75, 3.05) is 17.7 Å². The first-order valence-corrected chi connectivity index (χ1v) is 7.72. The molecule has 0 unspecified atom stereocenters. The molecule has 0 radical (unpaired) electrons. The zero-order valence-corrected chi connectivity index (χ0v) is 14.6. The molecule has 0 aliphatic heterocycles. The van der Waals surface area contributed by atoms with Crippen LogP contribution in [0.25, 0.3) is 0 Å². The maximum atomic E-state index is 12.0. The summed E-state index contributed by atoms with van der Waals surface area (Å²) < 4.78 is 1.77. The zero-order chi connectivity index (χ0) is 14.6. The molecule has 0 atom stereocenters. The Morgan fingerprint density at radius 3 is 2.53 bits per heavy atom. The van der Waals surface area contributed by atoms with Crippen molar-refractivity contribution in [1.29, 1.82) is 0 Å². The lowest BCUT2D eigenvalue weighted by Crippen LogP contribution is -2.27. The molecule has 3 N–H and O–H groups in total. The van der Waals surface area contributed by atoms with Gasteiger partial charge in [-0.2, -0.15) is 0 Å². The Labute approximate surface area is 138 Å². The van der Waals surface area contributed by atoms with E-state index < -0.39 is 5.97 Å². The molecule has 0 bridgehead atoms. The van der Waals surface area contributed by atoms with Gasteiger partial charge in [-0.1, -0.05) is 0 Å². The second-order valence-corrected chi connectivity index (χ2v) is 6.24. The molecular weight excluding hydrogens is 474 g/mol. The molecule has 19 heavy (non-hydrogen) atoms. The highest BCUT2D eigenvalue weighted by Crippen LogP contribution is 2.30. The molecule has 7 heteroatoms. The molecule has 0 heterocycles. The Morgan fingerprint density at radius 2 is 1.95 bits per heavy atom. The Balaban J connectivity index is 2.77. The smallest absolute Gasteiger partial charge is 0.303 e. The first-order valence-electron chi connectivity index (χ1n) is 5.56. The van der Waals surface area contributed by atoms with Crippen LogP contribution in [0, 0.1) is 7.14 Å². The number of hydrogen-bond donors (Lipinski definition) is 2. The van der Waals surface area contributed by atoms with Crippen molar-refractivity contribution >= 4 is 68.4 Å². The van der Waals surface area contributed by atoms with E-state index in [0.29, 0.717) is 12.1 Å². The van der Waals surface area contributed by atoms with Gasteiger partial charge in [-0.25, -0.2) is 0 Å². The molecule has 0 saturated carbocycles. The maximum Gasteiger partial charge on any atom is 0.303 e. The monoisotopic (exact) mass is 488 g/mol. The highest BCUT2D eigenvalue weighted by molar-refractivity contribution is 14.1. The molecule has 1 rings (SSSR count). The van der Waals surface area contributed by atoms with Crippen LogP contribution in [0.4, 0.5) is 11.4 Å². The molecule has 0 fully saturated rings. The van der Waals surface area contributed by atoms with E-state index in [-0.39, 0.29) is 18.7 Å². The van der Waals surface area contributed by atoms with Crippen molar-refractivity contribution in [3.63, 3.8) is 0 Å². The Morgan fingerprint density at radius 1 is 1.32 bits per heavy atom. The van der Waals surface area contributed by atoms with E-state index in [1.54, 1.807) is 7.05 Å². The summed E-state index contributed by atoms with van der Waals surface area (Å²) in [5.41, 5.74) is 7.34. The Hall–Kier alpha value is -0.580. The van der Waals surface area contributed by atoms with Gasteiger partial charge in [0.15, 0.2) is 0 Å². The van der Waals surface area contributed by atoms with Gasteiger partial charge in [0.05, 0.1) is 14.9 Å². The fraction of sp³-hybridized carbons (Fsp3) is 0.333. The zero-order valence-electron chi connectivity index (χ0n) is 10.3. The van der Waals surface area contributed by atoms with Gasteiger partial charge in [-0.05, 0) is 63.7 Å². The van der Waals surface area contributed by atoms with E-state index in [4.69, 9.17) is 10.8 Å². The van der Waals surface area contributed by atoms with E-state index in [9.17, 15) is 9.59 Å². The fourth-order valence-electron chi connectivity index (χ4n) is 1.51. The minimum absolute atomic E-state index is 0.00546. The van der Waals surface area contributed by atoms with Gasteiger partial charge in [-0.15, -0.1) is 0 Å². The number of benzene rings is 1. The highest BCUT2D eigenvalue weighted by atomic mass is 127. The summed E-state index contributed by atoms with van der Waals surface area (Å²) >= 11 is 4.25. The average molecular weight is 488 g/mol. The van der Waals surface area contributed by atoms with Gasteiger partial charge in [0.1, 0.15) is 0 Å². The molecule has 0 aliphatic rings. The van der Waals surface area contributed by atoms with Crippen LogP contribution < -0.4 is 10.6 Å². The Bertz CT molecular complexity index is 506. The normalized spacial score (nSPS) is 10.3. The summed E-state index contributed by atoms with van der Waals surface area (Å²) in [7, 11) is 1.67. The van der Waals surface area contributed by atoms with Crippen LogP contribution in [0.5, 0.6) is 0 Å². The number of aliphatic carboxylic acids is 1. The number of carbonyl (C=O) groups excluding carboxylic acids is 1. The molecule has 5 nitrogen and oxygen atoms in total. The summed E-state index contributed by atoms with van der Waals surface area (Å²) in [4.78, 5) is 23.9. The minimum Gasteiger partial charge on any atom is -0.481 e. The van der Waals surface area contributed by atoms with Crippen molar-refractivity contribution in [2.24, 2.45) is 0 Å². The lowest BCUT2D eigenvalue weighted by atomic mass is 10.2. The predicted molar refractivity (Wildman–Crippen MR) is 91.2 cm³/mol. The number of nitrogens with two attached hydrogens (primary N) is 1. The number of amides is 1. The van der Waals surface area contributed by atoms with Gasteiger partial charge in [-0.3, -0.25) is 9.59 Å². The van der Waals surface area contributed by atoms with Crippen LogP contribution in [-0.2, 0) is 9.59 Å². The lowest BCUT2D eigenvalue weighted by molar-refractivity contribution is -0.137. The summed E-state index contributed by atoms with van der Waals surface area (Å²) in [6, 6.07) is 3.70. The fourth-order valence-corrected chi connectivity index (χ4v) is 3.31. The third-order valence-electron chi connectivity index (χ3n) is 2.62. The molecular formula is C12H14I2N2O3. The highest BCUT2D eigenvalue weighted by Gasteiger charge is 2.16. The number of hydrogen-bond acceptors (Lipinski definition) is 3. The number of carboxylic acids is 1. The maximum absolute atomic E-state index is 12.0. The molecule has 0 aliphatic carbocycles. The SMILES string of the molecule is CN(C(=O)CCCC(=O)O)c1ccc(I)c(N)c1I. The van der Waals surface area contributed by atoms with Gasteiger partial charge in [0.2, 0.25) is 5.91 Å². The van der Waals surface area contributed by atoms with Gasteiger partial charge in [0.25, 0.3) is 0 Å². The third-order valence-corrected chi connectivity index (χ3v) is 4.70. The Kier molecular flexibility index (Phi) is 6.30. The van der Waals surface area contributed by atoms with E-state index in [2.05, 4.69) is 45.2 Å². The number of nitrogen functional groups attached to an aromatic ring is 1. The molecule has 104 valence electrons. The number of anilines is 2. The molecule has 0 aromatic heterocycles. The van der Waals surface area contributed by atoms with E-state index in [1.807, 2.05) is 12.1 Å². The number of nitrogens with zero attached hydrogens (tertiary/aromatic N) is 1. The number of halogens is 2. The first-order chi connectivity index (χ1) is 8.84. The largest absolute Gasteiger partial charge is 0.481 e. The van der Waals surface area contributed by atoms with Gasteiger partial charge in [0, 0.05) is 23.5 Å². The standard InChI is InChI=1S/C12H14I2N2O3/c1-16(9(17)3-2-4-10(18)19)8-6-5-7(13)12(15)11(8)14/h5-6H,2-4,15H2,1H3,(H,18,19). The number of carbonyl (C=O) groups is 2. The van der Waals surface area contributed by atoms with Crippen molar-refractivity contribution in [2.45, 2.75) is 19.3 Å². The minimum atomic E-state index is -0.886. The lowest BCUT2D eigenvalue weighted by Gasteiger charge is -2.20. The third kappa shape index (κ3) is 4.48. The predicted octanol–water partition coefficient (Wildman–Crippen LogP) is 2.70. The van der Waals surface area contributed by atoms with Crippen molar-refractivity contribution in [3.05, 3.63) is 19.3 Å². The van der Waals surface area contributed by atoms with E-state index in [1.165, 1.54) is 4.90 Å². The van der Waals surface area contributed by atoms with Crippen molar-refractivity contribution in [3.8, 4) is 0 Å². The average Bonchev–Trinajstić information content (AvgIpc) is 2.35. The number of rotatable bonds is 5. The van der Waals surface area contributed by atoms with E-state index >= 15 is 0 Å². The van der Waals surface area contributed by atoms with E-state index in [0.717, 1.165) is 12.8 Å². The van der Waals surface area contributed by atoms with Crippen molar-refractivity contribution < 1.29 is 14.7 Å². The summed E-state index contributed by atoms with van der Waals surface area (Å²) in [5, 5.41) is 8.55. The van der Waals surface area contributed by atoms with Gasteiger partial charge >= 0.3 is 5.97 Å². The molecule has 1 aromatic carbocycles. The van der Waals surface area contributed by atoms with Crippen LogP contribution in [0.2, 0.25) is 0 Å². The second kappa shape index (κ2) is 7.27. The topological polar surface area (TPSA) is 83.6 Å². The molecule has 0 spiro atoms. The molecule has 1 aromatic rings. The summed E-state index contributed by atoms with van der Waals surface area (Å²) in [6.07, 6.45) is 0.561. The van der Waals surface area contributed by atoms with Crippen LogP contribution in [-0.4, -0.2) is 24.0 Å². The second-order valence-electron chi connectivity index (χ2n) is 3.99. The molecule has 0 saturated heterocycles. The molecule has 1 amide bonds. The quantitative estimate of drug-likeness (QED) is 0.494. The summed E-state index contributed by atoms with van der Waals surface area (Å²) in [6.45, 7) is 0. The summed E-state index contributed by atoms with van der Waals surface area (Å²) in [5.74, 6) is -0.997. The van der Waals surface area contributed by atoms with Gasteiger partial charge < -0.3 is 15.7 Å². The van der Waals surface area contributed by atoms with Crippen molar-refractivity contribution in [1.82, 2.24) is 0 Å². The van der Waals surface area contributed by atoms with Crippen LogP contribution >= 0.6 is 45.2 Å². The van der Waals surface area contributed by atoms with Crippen LogP contribution in [0.3, 0.4) is 0 Å². The van der Waals surface area contributed by atoms with Crippen LogP contribution in [0.1, 0.15) is 19.3 Å². The van der Waals surface area contributed by atoms with Crippen LogP contribution in [0.15, 0.2) is 12.1 Å².